The zero-order valence-electron chi connectivity index (χ0n) is 7.76. The Bertz CT molecular complexity index is 254. The fraction of sp³-hybridized carbons (Fsp3) is 0.500. The van der Waals surface area contributed by atoms with Crippen LogP contribution in [0.15, 0.2) is 26.9 Å². The molecule has 0 radical (unpaired) electrons. The van der Waals surface area contributed by atoms with E-state index in [1.807, 2.05) is 12.3 Å². The third-order valence-corrected chi connectivity index (χ3v) is 2.54. The molecule has 0 N–H and O–H groups in total. The van der Waals surface area contributed by atoms with E-state index in [0.717, 1.165) is 6.42 Å². The first-order valence-electron chi connectivity index (χ1n) is 4.08. The average molecular weight is 275 g/mol. The molecule has 0 saturated carbocycles. The van der Waals surface area contributed by atoms with Gasteiger partial charge >= 0.3 is 0 Å². The number of allylic oxidation sites excluding steroid dienone is 3. The van der Waals surface area contributed by atoms with Gasteiger partial charge in [0, 0.05) is 23.7 Å². The number of aliphatic imine (C=N–C) groups is 1. The number of nitrogens with zero attached hydrogens (tertiary/aromatic N) is 1. The fourth-order valence-electron chi connectivity index (χ4n) is 1.00. The van der Waals surface area contributed by atoms with Gasteiger partial charge in [-0.05, 0) is 32.2 Å². The summed E-state index contributed by atoms with van der Waals surface area (Å²) in [5.41, 5.74) is 1.45. The van der Waals surface area contributed by atoms with Crippen LogP contribution in [-0.2, 0) is 0 Å². The summed E-state index contributed by atoms with van der Waals surface area (Å²) in [6, 6.07) is 0. The van der Waals surface area contributed by atoms with Gasteiger partial charge in [-0.3, -0.25) is 4.99 Å². The quantitative estimate of drug-likeness (QED) is 0.598. The molecule has 0 atom stereocenters. The predicted molar refractivity (Wildman–Crippen MR) is 62.8 cm³/mol. The average Bonchev–Trinajstić information content (AvgIpc) is 2.11. The molecule has 0 saturated heterocycles. The normalized spacial score (nSPS) is 18.3. The second-order valence-electron chi connectivity index (χ2n) is 3.96. The molecule has 0 aromatic heterocycles. The van der Waals surface area contributed by atoms with Crippen molar-refractivity contribution in [1.82, 2.24) is 0 Å². The smallest absolute Gasteiger partial charge is 0.0280 e. The molecule has 0 unspecified atom stereocenters. The van der Waals surface area contributed by atoms with Crippen molar-refractivity contribution in [2.45, 2.75) is 27.2 Å². The largest absolute Gasteiger partial charge is 0.265 e. The van der Waals surface area contributed by atoms with Gasteiger partial charge in [0.15, 0.2) is 0 Å². The van der Waals surface area contributed by atoms with E-state index in [1.54, 1.807) is 0 Å². The molecule has 0 spiro atoms. The first-order chi connectivity index (χ1) is 5.50. The molecule has 0 aliphatic carbocycles. The third kappa shape index (κ3) is 2.73. The van der Waals surface area contributed by atoms with Gasteiger partial charge in [0.1, 0.15) is 0 Å². The van der Waals surface area contributed by atoms with Gasteiger partial charge in [-0.25, -0.2) is 0 Å². The molecule has 0 bridgehead atoms. The molecule has 0 aromatic carbocycles. The SMILES string of the molecule is CC(C)(C)C1=NC=CC=C(I)C1. The predicted octanol–water partition coefficient (Wildman–Crippen LogP) is 3.71. The Kier molecular flexibility index (Phi) is 3.09. The Morgan fingerprint density at radius 1 is 1.42 bits per heavy atom. The molecule has 1 aliphatic heterocycles. The van der Waals surface area contributed by atoms with Gasteiger partial charge in [0.05, 0.1) is 0 Å². The molecular formula is C10H14IN. The summed E-state index contributed by atoms with van der Waals surface area (Å²) in [7, 11) is 0. The second kappa shape index (κ2) is 3.73. The molecule has 0 amide bonds. The van der Waals surface area contributed by atoms with Crippen LogP contribution in [0, 0.1) is 5.41 Å². The first-order valence-corrected chi connectivity index (χ1v) is 5.16. The molecule has 0 aromatic rings. The van der Waals surface area contributed by atoms with Crippen molar-refractivity contribution in [3.05, 3.63) is 21.9 Å². The lowest BCUT2D eigenvalue weighted by Gasteiger charge is -2.20. The summed E-state index contributed by atoms with van der Waals surface area (Å²) >= 11 is 2.37. The zero-order chi connectivity index (χ0) is 9.19. The Labute approximate surface area is 87.8 Å². The Morgan fingerprint density at radius 2 is 2.08 bits per heavy atom. The van der Waals surface area contributed by atoms with E-state index >= 15 is 0 Å². The van der Waals surface area contributed by atoms with E-state index in [0.29, 0.717) is 0 Å². The fourth-order valence-corrected chi connectivity index (χ4v) is 1.57. The number of halogens is 1. The van der Waals surface area contributed by atoms with Crippen molar-refractivity contribution in [3.63, 3.8) is 0 Å². The van der Waals surface area contributed by atoms with Crippen LogP contribution in [0.4, 0.5) is 0 Å². The van der Waals surface area contributed by atoms with Crippen LogP contribution in [0.5, 0.6) is 0 Å². The van der Waals surface area contributed by atoms with Crippen LogP contribution >= 0.6 is 22.6 Å². The molecule has 0 fully saturated rings. The van der Waals surface area contributed by atoms with Crippen molar-refractivity contribution < 1.29 is 0 Å². The van der Waals surface area contributed by atoms with Crippen LogP contribution in [-0.4, -0.2) is 5.71 Å². The van der Waals surface area contributed by atoms with Crippen molar-refractivity contribution in [1.29, 1.82) is 0 Å². The molecule has 2 heteroatoms. The van der Waals surface area contributed by atoms with Gasteiger partial charge in [-0.1, -0.05) is 26.8 Å². The topological polar surface area (TPSA) is 12.4 Å². The highest BCUT2D eigenvalue weighted by molar-refractivity contribution is 14.1. The highest BCUT2D eigenvalue weighted by Gasteiger charge is 2.19. The summed E-state index contributed by atoms with van der Waals surface area (Å²) in [6.07, 6.45) is 6.99. The summed E-state index contributed by atoms with van der Waals surface area (Å²) in [5.74, 6) is 0. The number of rotatable bonds is 0. The van der Waals surface area contributed by atoms with E-state index in [1.165, 1.54) is 9.29 Å². The second-order valence-corrected chi connectivity index (χ2v) is 5.34. The summed E-state index contributed by atoms with van der Waals surface area (Å²) < 4.78 is 1.36. The van der Waals surface area contributed by atoms with Gasteiger partial charge in [-0.2, -0.15) is 0 Å². The minimum absolute atomic E-state index is 0.193. The summed E-state index contributed by atoms with van der Waals surface area (Å²) in [4.78, 5) is 4.42. The number of hydrogen-bond donors (Lipinski definition) is 0. The van der Waals surface area contributed by atoms with E-state index in [4.69, 9.17) is 0 Å². The maximum atomic E-state index is 4.42. The van der Waals surface area contributed by atoms with Crippen molar-refractivity contribution >= 4 is 28.3 Å². The first kappa shape index (κ1) is 9.96. The Hall–Kier alpha value is -0.120. The lowest BCUT2D eigenvalue weighted by molar-refractivity contribution is 0.583. The maximum absolute atomic E-state index is 4.42. The maximum Gasteiger partial charge on any atom is 0.0280 e. The lowest BCUT2D eigenvalue weighted by Crippen LogP contribution is -2.19. The van der Waals surface area contributed by atoms with E-state index < -0.39 is 0 Å². The summed E-state index contributed by atoms with van der Waals surface area (Å²) in [5, 5.41) is 0. The number of hydrogen-bond acceptors (Lipinski definition) is 1. The Morgan fingerprint density at radius 3 is 2.67 bits per heavy atom. The molecule has 66 valence electrons. The van der Waals surface area contributed by atoms with Gasteiger partial charge in [-0.15, -0.1) is 0 Å². The van der Waals surface area contributed by atoms with Crippen LogP contribution in [0.2, 0.25) is 0 Å². The molecule has 1 nitrogen and oxygen atoms in total. The van der Waals surface area contributed by atoms with E-state index in [-0.39, 0.29) is 5.41 Å². The molecule has 1 aliphatic rings. The molecule has 1 rings (SSSR count). The molecular weight excluding hydrogens is 261 g/mol. The van der Waals surface area contributed by atoms with Crippen LogP contribution in [0.25, 0.3) is 0 Å². The highest BCUT2D eigenvalue weighted by atomic mass is 127. The van der Waals surface area contributed by atoms with Gasteiger partial charge in [0.2, 0.25) is 0 Å². The van der Waals surface area contributed by atoms with Crippen LogP contribution in [0.1, 0.15) is 27.2 Å². The van der Waals surface area contributed by atoms with Crippen molar-refractivity contribution in [3.8, 4) is 0 Å². The highest BCUT2D eigenvalue weighted by Crippen LogP contribution is 2.25. The molecule has 1 heterocycles. The van der Waals surface area contributed by atoms with Gasteiger partial charge in [0.25, 0.3) is 0 Å². The Balaban J connectivity index is 2.88. The minimum atomic E-state index is 0.193. The zero-order valence-corrected chi connectivity index (χ0v) is 9.92. The van der Waals surface area contributed by atoms with Crippen LogP contribution < -0.4 is 0 Å². The minimum Gasteiger partial charge on any atom is -0.265 e. The lowest BCUT2D eigenvalue weighted by atomic mass is 9.88. The van der Waals surface area contributed by atoms with Crippen molar-refractivity contribution in [2.75, 3.05) is 0 Å². The third-order valence-electron chi connectivity index (χ3n) is 1.80. The van der Waals surface area contributed by atoms with E-state index in [9.17, 15) is 0 Å². The molecule has 12 heavy (non-hydrogen) atoms. The summed E-state index contributed by atoms with van der Waals surface area (Å²) in [6.45, 7) is 6.61. The van der Waals surface area contributed by atoms with E-state index in [2.05, 4.69) is 54.4 Å². The standard InChI is InChI=1S/C10H14IN/c1-10(2,3)9-7-8(11)5-4-6-12-9/h4-6H,7H2,1-3H3. The van der Waals surface area contributed by atoms with Crippen LogP contribution in [0.3, 0.4) is 0 Å². The van der Waals surface area contributed by atoms with Gasteiger partial charge < -0.3 is 0 Å². The monoisotopic (exact) mass is 275 g/mol. The van der Waals surface area contributed by atoms with Crippen molar-refractivity contribution in [2.24, 2.45) is 10.4 Å².